The molecule has 160 valence electrons. The van der Waals surface area contributed by atoms with E-state index in [1.807, 2.05) is 19.1 Å². The number of benzene rings is 2. The minimum absolute atomic E-state index is 0.000968. The Bertz CT molecular complexity index is 1020. The lowest BCUT2D eigenvalue weighted by Gasteiger charge is -2.16. The van der Waals surface area contributed by atoms with E-state index in [4.69, 9.17) is 4.74 Å². The predicted octanol–water partition coefficient (Wildman–Crippen LogP) is 1.81. The van der Waals surface area contributed by atoms with Crippen molar-refractivity contribution < 1.29 is 22.7 Å². The molecule has 0 saturated carbocycles. The highest BCUT2D eigenvalue weighted by atomic mass is 32.2. The zero-order valence-electron chi connectivity index (χ0n) is 17.0. The number of hydrazone groups is 1. The summed E-state index contributed by atoms with van der Waals surface area (Å²) in [7, 11) is -2.59. The third-order valence-electron chi connectivity index (χ3n) is 3.86. The molecule has 2 aromatic carbocycles. The largest absolute Gasteiger partial charge is 0.493 e. The molecule has 0 spiro atoms. The van der Waals surface area contributed by atoms with Crippen LogP contribution in [0.25, 0.3) is 0 Å². The summed E-state index contributed by atoms with van der Waals surface area (Å²) >= 11 is 0. The van der Waals surface area contributed by atoms with Gasteiger partial charge in [-0.05, 0) is 43.3 Å². The number of carbonyl (C=O) groups excluding carboxylic acids is 2. The van der Waals surface area contributed by atoms with Crippen LogP contribution in [-0.4, -0.2) is 51.0 Å². The van der Waals surface area contributed by atoms with Gasteiger partial charge < -0.3 is 10.1 Å². The highest BCUT2D eigenvalue weighted by Crippen LogP contribution is 2.17. The Morgan fingerprint density at radius 3 is 2.43 bits per heavy atom. The molecule has 0 saturated heterocycles. The summed E-state index contributed by atoms with van der Waals surface area (Å²) < 4.78 is 31.6. The normalized spacial score (nSPS) is 11.5. The number of carbonyl (C=O) groups is 2. The molecule has 2 N–H and O–H groups in total. The van der Waals surface area contributed by atoms with Crippen LogP contribution in [0.5, 0.6) is 5.75 Å². The number of likely N-dealkylation sites (N-methyl/N-ethyl adjacent to an activating group) is 1. The fraction of sp³-hybridized carbons (Fsp3) is 0.250. The van der Waals surface area contributed by atoms with Crippen LogP contribution in [0.4, 0.5) is 5.69 Å². The number of hydrogen-bond acceptors (Lipinski definition) is 6. The Morgan fingerprint density at radius 2 is 1.80 bits per heavy atom. The van der Waals surface area contributed by atoms with E-state index >= 15 is 0 Å². The van der Waals surface area contributed by atoms with Crippen LogP contribution >= 0.6 is 0 Å². The van der Waals surface area contributed by atoms with Gasteiger partial charge in [-0.1, -0.05) is 12.1 Å². The van der Waals surface area contributed by atoms with Gasteiger partial charge in [-0.3, -0.25) is 9.59 Å². The molecule has 0 radical (unpaired) electrons. The molecule has 0 fully saturated rings. The highest BCUT2D eigenvalue weighted by molar-refractivity contribution is 7.89. The lowest BCUT2D eigenvalue weighted by molar-refractivity contribution is -0.121. The molecule has 0 aromatic heterocycles. The monoisotopic (exact) mass is 432 g/mol. The Labute approximate surface area is 175 Å². The standard InChI is InChI=1S/C20H24N4O5S/c1-4-29-19-8-6-5-7-16(19)13-21-23-20(26)14-24(3)30(27,28)18-11-9-17(10-12-18)22-15(2)25/h5-13H,4,14H2,1-3H3,(H,22,25)(H,23,26)/b21-13-. The van der Waals surface area contributed by atoms with E-state index in [2.05, 4.69) is 15.8 Å². The fourth-order valence-corrected chi connectivity index (χ4v) is 3.59. The first-order chi connectivity index (χ1) is 14.2. The zero-order chi connectivity index (χ0) is 22.1. The van der Waals surface area contributed by atoms with E-state index in [1.165, 1.54) is 44.5 Å². The van der Waals surface area contributed by atoms with E-state index in [9.17, 15) is 18.0 Å². The van der Waals surface area contributed by atoms with Gasteiger partial charge in [0, 0.05) is 25.2 Å². The molecule has 0 atom stereocenters. The Morgan fingerprint density at radius 1 is 1.13 bits per heavy atom. The Hall–Kier alpha value is -3.24. The lowest BCUT2D eigenvalue weighted by atomic mass is 10.2. The SMILES string of the molecule is CCOc1ccccc1/C=N\NC(=O)CN(C)S(=O)(=O)c1ccc(NC(C)=O)cc1. The number of anilines is 1. The predicted molar refractivity (Wildman–Crippen MR) is 114 cm³/mol. The molecule has 0 unspecified atom stereocenters. The van der Waals surface area contributed by atoms with E-state index in [1.54, 1.807) is 12.1 Å². The van der Waals surface area contributed by atoms with Crippen LogP contribution in [0.2, 0.25) is 0 Å². The van der Waals surface area contributed by atoms with Gasteiger partial charge in [0.25, 0.3) is 5.91 Å². The van der Waals surface area contributed by atoms with Crippen molar-refractivity contribution in [3.05, 3.63) is 54.1 Å². The van der Waals surface area contributed by atoms with E-state index < -0.39 is 22.5 Å². The first-order valence-electron chi connectivity index (χ1n) is 9.11. The van der Waals surface area contributed by atoms with Crippen molar-refractivity contribution >= 4 is 33.7 Å². The van der Waals surface area contributed by atoms with E-state index in [0.29, 0.717) is 23.6 Å². The van der Waals surface area contributed by atoms with Crippen molar-refractivity contribution in [3.8, 4) is 5.75 Å². The van der Waals surface area contributed by atoms with Crippen molar-refractivity contribution in [2.24, 2.45) is 5.10 Å². The summed E-state index contributed by atoms with van der Waals surface area (Å²) in [5, 5.41) is 6.42. The number of sulfonamides is 1. The van der Waals surface area contributed by atoms with E-state index in [-0.39, 0.29) is 10.8 Å². The topological polar surface area (TPSA) is 117 Å². The van der Waals surface area contributed by atoms with Gasteiger partial charge in [0.1, 0.15) is 5.75 Å². The molecule has 30 heavy (non-hydrogen) atoms. The van der Waals surface area contributed by atoms with Crippen molar-refractivity contribution in [1.29, 1.82) is 0 Å². The van der Waals surface area contributed by atoms with Crippen LogP contribution in [0.3, 0.4) is 0 Å². The molecule has 2 rings (SSSR count). The summed E-state index contributed by atoms with van der Waals surface area (Å²) in [5.41, 5.74) is 3.46. The van der Waals surface area contributed by atoms with Gasteiger partial charge in [-0.25, -0.2) is 13.8 Å². The van der Waals surface area contributed by atoms with Crippen LogP contribution in [-0.2, 0) is 19.6 Å². The van der Waals surface area contributed by atoms with Crippen molar-refractivity contribution in [1.82, 2.24) is 9.73 Å². The van der Waals surface area contributed by atoms with Crippen LogP contribution in [0, 0.1) is 0 Å². The molecule has 0 heterocycles. The van der Waals surface area contributed by atoms with Gasteiger partial charge in [0.15, 0.2) is 0 Å². The average molecular weight is 433 g/mol. The van der Waals surface area contributed by atoms with Gasteiger partial charge in [0.2, 0.25) is 15.9 Å². The summed E-state index contributed by atoms with van der Waals surface area (Å²) in [6.07, 6.45) is 1.43. The summed E-state index contributed by atoms with van der Waals surface area (Å²) in [5.74, 6) is -0.231. The molecule has 9 nitrogen and oxygen atoms in total. The maximum absolute atomic E-state index is 12.6. The minimum atomic E-state index is -3.88. The lowest BCUT2D eigenvalue weighted by Crippen LogP contribution is -2.36. The zero-order valence-corrected chi connectivity index (χ0v) is 17.8. The molecule has 2 amide bonds. The van der Waals surface area contributed by atoms with E-state index in [0.717, 1.165) is 4.31 Å². The second-order valence-corrected chi connectivity index (χ2v) is 8.28. The first-order valence-corrected chi connectivity index (χ1v) is 10.6. The van der Waals surface area contributed by atoms with Crippen LogP contribution < -0.4 is 15.5 Å². The number of rotatable bonds is 9. The highest BCUT2D eigenvalue weighted by Gasteiger charge is 2.22. The van der Waals surface area contributed by atoms with Crippen LogP contribution in [0.1, 0.15) is 19.4 Å². The molecule has 0 aliphatic carbocycles. The average Bonchev–Trinajstić information content (AvgIpc) is 2.69. The van der Waals surface area contributed by atoms with Gasteiger partial charge >= 0.3 is 0 Å². The smallest absolute Gasteiger partial charge is 0.255 e. The molecule has 0 bridgehead atoms. The molecular weight excluding hydrogens is 408 g/mol. The van der Waals surface area contributed by atoms with Crippen molar-refractivity contribution in [2.45, 2.75) is 18.7 Å². The van der Waals surface area contributed by atoms with Crippen molar-refractivity contribution in [3.63, 3.8) is 0 Å². The summed E-state index contributed by atoms with van der Waals surface area (Å²) in [6, 6.07) is 12.9. The Balaban J connectivity index is 1.98. The van der Waals surface area contributed by atoms with Gasteiger partial charge in [-0.2, -0.15) is 9.41 Å². The Kier molecular flexibility index (Phi) is 8.07. The van der Waals surface area contributed by atoms with Gasteiger partial charge in [-0.15, -0.1) is 0 Å². The molecular formula is C20H24N4O5S. The summed E-state index contributed by atoms with van der Waals surface area (Å²) in [4.78, 5) is 23.2. The molecule has 10 heteroatoms. The molecule has 0 aliphatic heterocycles. The maximum atomic E-state index is 12.6. The first kappa shape index (κ1) is 23.0. The number of hydrogen-bond donors (Lipinski definition) is 2. The number of para-hydroxylation sites is 1. The second-order valence-electron chi connectivity index (χ2n) is 6.23. The third kappa shape index (κ3) is 6.39. The number of nitrogens with zero attached hydrogens (tertiary/aromatic N) is 2. The molecule has 0 aliphatic rings. The number of ether oxygens (including phenoxy) is 1. The van der Waals surface area contributed by atoms with Gasteiger partial charge in [0.05, 0.1) is 24.3 Å². The van der Waals surface area contributed by atoms with Crippen LogP contribution in [0.15, 0.2) is 58.5 Å². The third-order valence-corrected chi connectivity index (χ3v) is 5.68. The summed E-state index contributed by atoms with van der Waals surface area (Å²) in [6.45, 7) is 3.29. The number of nitrogens with one attached hydrogen (secondary N) is 2. The minimum Gasteiger partial charge on any atom is -0.493 e. The molecule has 2 aromatic rings. The fourth-order valence-electron chi connectivity index (χ4n) is 2.46. The van der Waals surface area contributed by atoms with Crippen molar-refractivity contribution in [2.75, 3.05) is 25.5 Å². The number of amides is 2. The maximum Gasteiger partial charge on any atom is 0.255 e. The second kappa shape index (κ2) is 10.5. The quantitative estimate of drug-likeness (QED) is 0.463.